The lowest BCUT2D eigenvalue weighted by molar-refractivity contribution is -0.138. The highest BCUT2D eigenvalue weighted by Gasteiger charge is 2.64. The van der Waals surface area contributed by atoms with Crippen LogP contribution in [0.4, 0.5) is 11.6 Å². The van der Waals surface area contributed by atoms with Gasteiger partial charge in [0.1, 0.15) is 40.8 Å². The van der Waals surface area contributed by atoms with Crippen LogP contribution in [0.5, 0.6) is 0 Å². The molecule has 1 aliphatic heterocycles. The van der Waals surface area contributed by atoms with E-state index in [-0.39, 0.29) is 29.8 Å². The Hall–Kier alpha value is -3.01. The second kappa shape index (κ2) is 7.01. The highest BCUT2D eigenvalue weighted by molar-refractivity contribution is 9.10. The number of nitrogens with two attached hydrogens (primary N) is 1. The van der Waals surface area contributed by atoms with E-state index in [0.29, 0.717) is 33.7 Å². The topological polar surface area (TPSA) is 119 Å². The number of nitrogens with one attached hydrogen (secondary N) is 1. The third kappa shape index (κ3) is 3.34. The van der Waals surface area contributed by atoms with Crippen molar-refractivity contribution in [3.63, 3.8) is 0 Å². The van der Waals surface area contributed by atoms with E-state index in [0.717, 1.165) is 12.0 Å². The first-order valence-corrected chi connectivity index (χ1v) is 10.9. The Morgan fingerprint density at radius 1 is 1.29 bits per heavy atom. The van der Waals surface area contributed by atoms with Gasteiger partial charge in [-0.2, -0.15) is 0 Å². The van der Waals surface area contributed by atoms with Crippen LogP contribution in [0.15, 0.2) is 35.3 Å². The van der Waals surface area contributed by atoms with Crippen LogP contribution in [0.3, 0.4) is 0 Å². The number of aromatic nitrogens is 4. The van der Waals surface area contributed by atoms with Gasteiger partial charge in [-0.15, -0.1) is 0 Å². The number of anilines is 2. The van der Waals surface area contributed by atoms with Gasteiger partial charge in [-0.1, -0.05) is 13.0 Å². The number of carbonyl (C=O) groups is 2. The smallest absolute Gasteiger partial charge is 0.248 e. The number of likely N-dealkylation sites (tertiary alicyclic amines) is 1. The zero-order chi connectivity index (χ0) is 21.9. The first-order valence-electron chi connectivity index (χ1n) is 10.1. The van der Waals surface area contributed by atoms with Crippen molar-refractivity contribution in [1.82, 2.24) is 24.4 Å². The van der Waals surface area contributed by atoms with Crippen molar-refractivity contribution in [1.29, 1.82) is 0 Å². The molecule has 0 bridgehead atoms. The molecule has 0 spiro atoms. The van der Waals surface area contributed by atoms with Crippen LogP contribution in [0, 0.1) is 12.3 Å². The Balaban J connectivity index is 1.39. The summed E-state index contributed by atoms with van der Waals surface area (Å²) in [7, 11) is 0. The number of rotatable bonds is 4. The number of fused-ring (bicyclic) bond motifs is 2. The lowest BCUT2D eigenvalue weighted by atomic mass is 10.0. The number of aryl methyl sites for hydroxylation is 1. The van der Waals surface area contributed by atoms with Crippen molar-refractivity contribution in [3.8, 4) is 0 Å². The minimum atomic E-state index is -0.530. The monoisotopic (exact) mass is 483 g/mol. The molecule has 0 aromatic carbocycles. The quantitative estimate of drug-likeness (QED) is 0.550. The molecule has 9 nitrogen and oxygen atoms in total. The normalized spacial score (nSPS) is 24.3. The number of carbonyl (C=O) groups excluding carboxylic acids is 2. The van der Waals surface area contributed by atoms with Crippen molar-refractivity contribution >= 4 is 50.4 Å². The zero-order valence-electron chi connectivity index (χ0n) is 17.2. The van der Waals surface area contributed by atoms with Crippen molar-refractivity contribution in [3.05, 3.63) is 40.9 Å². The van der Waals surface area contributed by atoms with E-state index in [1.54, 1.807) is 21.7 Å². The highest BCUT2D eigenvalue weighted by atomic mass is 79.9. The Bertz CT molecular complexity index is 1230. The van der Waals surface area contributed by atoms with Gasteiger partial charge in [-0.25, -0.2) is 15.0 Å². The molecule has 2 amide bonds. The lowest BCUT2D eigenvalue weighted by Gasteiger charge is -2.27. The number of nitrogens with zero attached hydrogens (tertiary/aromatic N) is 5. The van der Waals surface area contributed by atoms with E-state index in [9.17, 15) is 9.59 Å². The number of halogens is 1. The summed E-state index contributed by atoms with van der Waals surface area (Å²) < 4.78 is 2.39. The van der Waals surface area contributed by atoms with Gasteiger partial charge in [0, 0.05) is 12.2 Å². The molecule has 0 unspecified atom stereocenters. The third-order valence-corrected chi connectivity index (χ3v) is 6.86. The molecule has 1 saturated carbocycles. The second-order valence-corrected chi connectivity index (χ2v) is 9.44. The van der Waals surface area contributed by atoms with E-state index >= 15 is 0 Å². The van der Waals surface area contributed by atoms with Gasteiger partial charge in [0.2, 0.25) is 11.8 Å². The maximum Gasteiger partial charge on any atom is 0.248 e. The standard InChI is InChI=1S/C21H22BrN7O2/c1-11-3-4-15(22)26-18(11)27-20(31)13-7-21(2)8-14(21)29(13)16(30)9-28-6-5-12-17(23)24-10-25-19(12)28/h3-6,10,13-14H,7-9H2,1-2H3,(H2,23,24,25)(H,26,27,31)/t13-,14+,21-/m0/s1. The average molecular weight is 484 g/mol. The van der Waals surface area contributed by atoms with Gasteiger partial charge in [0.25, 0.3) is 0 Å². The number of amides is 2. The summed E-state index contributed by atoms with van der Waals surface area (Å²) in [6.45, 7) is 4.10. The molecule has 4 heterocycles. The molecular formula is C21H22BrN7O2. The molecule has 3 atom stereocenters. The summed E-state index contributed by atoms with van der Waals surface area (Å²) in [4.78, 5) is 40.8. The van der Waals surface area contributed by atoms with Crippen LogP contribution >= 0.6 is 15.9 Å². The molecule has 0 radical (unpaired) electrons. The molecule has 2 fully saturated rings. The van der Waals surface area contributed by atoms with Crippen LogP contribution < -0.4 is 11.1 Å². The molecule has 3 aromatic rings. The van der Waals surface area contributed by atoms with Gasteiger partial charge in [-0.3, -0.25) is 9.59 Å². The van der Waals surface area contributed by atoms with E-state index in [4.69, 9.17) is 5.73 Å². The van der Waals surface area contributed by atoms with E-state index < -0.39 is 6.04 Å². The number of pyridine rings is 1. The second-order valence-electron chi connectivity index (χ2n) is 8.62. The number of nitrogen functional groups attached to an aromatic ring is 1. The third-order valence-electron chi connectivity index (χ3n) is 6.42. The van der Waals surface area contributed by atoms with Crippen LogP contribution in [-0.2, 0) is 16.1 Å². The maximum atomic E-state index is 13.3. The molecule has 1 aliphatic carbocycles. The van der Waals surface area contributed by atoms with Crippen molar-refractivity contribution in [2.45, 2.75) is 45.3 Å². The SMILES string of the molecule is Cc1ccc(Br)nc1NC(=O)[C@@H]1C[C@@]2(C)C[C@H]2N1C(=O)Cn1ccc2c(N)ncnc21. The predicted molar refractivity (Wildman–Crippen MR) is 119 cm³/mol. The summed E-state index contributed by atoms with van der Waals surface area (Å²) in [5.41, 5.74) is 7.36. The fraction of sp³-hybridized carbons (Fsp3) is 0.381. The summed E-state index contributed by atoms with van der Waals surface area (Å²) in [5, 5.41) is 3.62. The van der Waals surface area contributed by atoms with Gasteiger partial charge in [0.05, 0.1) is 5.39 Å². The fourth-order valence-corrected chi connectivity index (χ4v) is 4.88. The Labute approximate surface area is 187 Å². The molecule has 160 valence electrons. The van der Waals surface area contributed by atoms with Crippen LogP contribution in [-0.4, -0.2) is 48.3 Å². The van der Waals surface area contributed by atoms with Crippen LogP contribution in [0.2, 0.25) is 0 Å². The van der Waals surface area contributed by atoms with Crippen LogP contribution in [0.25, 0.3) is 11.0 Å². The average Bonchev–Trinajstić information content (AvgIpc) is 3.06. The Kier molecular flexibility index (Phi) is 4.51. The summed E-state index contributed by atoms with van der Waals surface area (Å²) in [6.07, 6.45) is 4.72. The van der Waals surface area contributed by atoms with Gasteiger partial charge < -0.3 is 20.5 Å². The molecule has 3 N–H and O–H groups in total. The van der Waals surface area contributed by atoms with E-state index in [1.165, 1.54) is 6.33 Å². The van der Waals surface area contributed by atoms with Crippen molar-refractivity contribution < 1.29 is 9.59 Å². The number of piperidine rings is 1. The molecule has 2 aliphatic rings. The molecule has 5 rings (SSSR count). The molecular weight excluding hydrogens is 462 g/mol. The largest absolute Gasteiger partial charge is 0.383 e. The van der Waals surface area contributed by atoms with Crippen molar-refractivity contribution in [2.75, 3.05) is 11.1 Å². The predicted octanol–water partition coefficient (Wildman–Crippen LogP) is 2.50. The summed E-state index contributed by atoms with van der Waals surface area (Å²) in [6, 6.07) is 5.06. The maximum absolute atomic E-state index is 13.3. The summed E-state index contributed by atoms with van der Waals surface area (Å²) in [5.74, 6) is 0.557. The fourth-order valence-electron chi connectivity index (χ4n) is 4.57. The van der Waals surface area contributed by atoms with E-state index in [2.05, 4.69) is 43.1 Å². The minimum Gasteiger partial charge on any atom is -0.383 e. The minimum absolute atomic E-state index is 0.0111. The van der Waals surface area contributed by atoms with Crippen LogP contribution in [0.1, 0.15) is 25.3 Å². The number of hydrogen-bond donors (Lipinski definition) is 2. The number of hydrogen-bond acceptors (Lipinski definition) is 6. The molecule has 10 heteroatoms. The molecule has 3 aromatic heterocycles. The van der Waals surface area contributed by atoms with Gasteiger partial charge in [0.15, 0.2) is 0 Å². The Morgan fingerprint density at radius 2 is 2.10 bits per heavy atom. The molecule has 31 heavy (non-hydrogen) atoms. The first kappa shape index (κ1) is 19.9. The van der Waals surface area contributed by atoms with E-state index in [1.807, 2.05) is 19.1 Å². The van der Waals surface area contributed by atoms with Gasteiger partial charge in [-0.05, 0) is 58.8 Å². The lowest BCUT2D eigenvalue weighted by Crippen LogP contribution is -2.46. The zero-order valence-corrected chi connectivity index (χ0v) is 18.8. The first-order chi connectivity index (χ1) is 14.8. The highest BCUT2D eigenvalue weighted by Crippen LogP contribution is 2.59. The summed E-state index contributed by atoms with van der Waals surface area (Å²) >= 11 is 3.34. The molecule has 1 saturated heterocycles. The van der Waals surface area contributed by atoms with Gasteiger partial charge >= 0.3 is 0 Å². The Morgan fingerprint density at radius 3 is 2.90 bits per heavy atom. The van der Waals surface area contributed by atoms with Crippen molar-refractivity contribution in [2.24, 2.45) is 5.41 Å².